The van der Waals surface area contributed by atoms with E-state index in [0.717, 1.165) is 5.56 Å². The zero-order chi connectivity index (χ0) is 19.9. The highest BCUT2D eigenvalue weighted by Crippen LogP contribution is 2.23. The molecule has 2 amide bonds. The van der Waals surface area contributed by atoms with E-state index in [1.807, 2.05) is 36.4 Å². The largest absolute Gasteiger partial charge is 0.339 e. The monoisotopic (exact) mass is 393 g/mol. The number of anilines is 1. The Labute approximate surface area is 169 Å². The topological polar surface area (TPSA) is 73.2 Å². The van der Waals surface area contributed by atoms with Gasteiger partial charge in [-0.05, 0) is 42.7 Å². The summed E-state index contributed by atoms with van der Waals surface area (Å²) >= 11 is 6.00. The van der Waals surface area contributed by atoms with E-state index in [1.54, 1.807) is 35.3 Å². The van der Waals surface area contributed by atoms with E-state index in [2.05, 4.69) is 5.32 Å². The summed E-state index contributed by atoms with van der Waals surface area (Å²) in [7, 11) is 0. The van der Waals surface area contributed by atoms with Crippen molar-refractivity contribution in [1.82, 2.24) is 4.90 Å². The van der Waals surface area contributed by atoms with E-state index in [0.29, 0.717) is 42.2 Å². The van der Waals surface area contributed by atoms with Crippen molar-refractivity contribution < 1.29 is 9.59 Å². The second-order valence-corrected chi connectivity index (χ2v) is 7.05. The average molecular weight is 394 g/mol. The van der Waals surface area contributed by atoms with Crippen LogP contribution in [-0.2, 0) is 9.59 Å². The molecule has 1 heterocycles. The number of nitriles is 1. The quantitative estimate of drug-likeness (QED) is 0.794. The lowest BCUT2D eigenvalue weighted by molar-refractivity contribution is -0.130. The molecule has 0 atom stereocenters. The smallest absolute Gasteiger partial charge is 0.246 e. The number of likely N-dealkylation sites (tertiary alicyclic amines) is 1. The highest BCUT2D eigenvalue weighted by Gasteiger charge is 2.26. The van der Waals surface area contributed by atoms with Gasteiger partial charge in [0, 0.05) is 30.8 Å². The van der Waals surface area contributed by atoms with Crippen LogP contribution in [0.5, 0.6) is 0 Å². The molecule has 1 N–H and O–H groups in total. The Morgan fingerprint density at radius 2 is 1.86 bits per heavy atom. The van der Waals surface area contributed by atoms with Crippen LogP contribution >= 0.6 is 11.6 Å². The summed E-state index contributed by atoms with van der Waals surface area (Å²) in [5.41, 5.74) is 1.92. The Morgan fingerprint density at radius 3 is 2.50 bits per heavy atom. The van der Waals surface area contributed by atoms with E-state index in [4.69, 9.17) is 16.9 Å². The molecule has 2 aromatic carbocycles. The third kappa shape index (κ3) is 4.99. The lowest BCUT2D eigenvalue weighted by atomic mass is 9.95. The minimum Gasteiger partial charge on any atom is -0.339 e. The first-order valence-corrected chi connectivity index (χ1v) is 9.47. The van der Waals surface area contributed by atoms with Gasteiger partial charge in [-0.25, -0.2) is 0 Å². The Morgan fingerprint density at radius 1 is 1.14 bits per heavy atom. The molecule has 0 unspecified atom stereocenters. The number of amides is 2. The van der Waals surface area contributed by atoms with Crippen LogP contribution in [-0.4, -0.2) is 29.8 Å². The van der Waals surface area contributed by atoms with Gasteiger partial charge in [-0.1, -0.05) is 41.9 Å². The summed E-state index contributed by atoms with van der Waals surface area (Å²) in [5.74, 6) is -0.286. The van der Waals surface area contributed by atoms with Gasteiger partial charge in [-0.15, -0.1) is 0 Å². The van der Waals surface area contributed by atoms with Crippen LogP contribution in [0.1, 0.15) is 24.0 Å². The molecule has 2 aromatic rings. The molecule has 28 heavy (non-hydrogen) atoms. The van der Waals surface area contributed by atoms with Crippen LogP contribution in [0.2, 0.25) is 5.02 Å². The number of hydrogen-bond donors (Lipinski definition) is 1. The van der Waals surface area contributed by atoms with Crippen molar-refractivity contribution in [3.63, 3.8) is 0 Å². The third-order valence-corrected chi connectivity index (χ3v) is 5.07. The van der Waals surface area contributed by atoms with E-state index >= 15 is 0 Å². The van der Waals surface area contributed by atoms with Gasteiger partial charge in [0.05, 0.1) is 10.6 Å². The number of piperidine rings is 1. The van der Waals surface area contributed by atoms with Crippen LogP contribution in [0.3, 0.4) is 0 Å². The molecule has 1 aliphatic heterocycles. The first kappa shape index (κ1) is 19.7. The second-order valence-electron chi connectivity index (χ2n) is 6.64. The van der Waals surface area contributed by atoms with Crippen molar-refractivity contribution in [2.45, 2.75) is 12.8 Å². The molecule has 0 saturated carbocycles. The highest BCUT2D eigenvalue weighted by molar-refractivity contribution is 6.32. The van der Waals surface area contributed by atoms with E-state index in [9.17, 15) is 9.59 Å². The zero-order valence-electron chi connectivity index (χ0n) is 15.3. The SMILES string of the molecule is N#Cc1ccc(NC(=O)C2CCN(C(=O)/C=C/c3ccccc3)CC2)cc1Cl. The van der Waals surface area contributed by atoms with Crippen molar-refractivity contribution >= 4 is 35.2 Å². The van der Waals surface area contributed by atoms with Crippen molar-refractivity contribution in [1.29, 1.82) is 5.26 Å². The molecule has 0 aliphatic carbocycles. The fraction of sp³-hybridized carbons (Fsp3) is 0.227. The molecule has 5 nitrogen and oxygen atoms in total. The number of rotatable bonds is 4. The van der Waals surface area contributed by atoms with E-state index in [1.165, 1.54) is 0 Å². The molecule has 3 rings (SSSR count). The maximum Gasteiger partial charge on any atom is 0.246 e. The highest BCUT2D eigenvalue weighted by atomic mass is 35.5. The molecule has 6 heteroatoms. The van der Waals surface area contributed by atoms with Gasteiger partial charge in [-0.3, -0.25) is 9.59 Å². The van der Waals surface area contributed by atoms with Crippen molar-refractivity contribution in [2.75, 3.05) is 18.4 Å². The summed E-state index contributed by atoms with van der Waals surface area (Å²) in [5, 5.41) is 12.1. The van der Waals surface area contributed by atoms with Crippen LogP contribution in [0, 0.1) is 17.2 Å². The number of carbonyl (C=O) groups is 2. The molecular weight excluding hydrogens is 374 g/mol. The lowest BCUT2D eigenvalue weighted by Crippen LogP contribution is -2.40. The maximum absolute atomic E-state index is 12.5. The van der Waals surface area contributed by atoms with Crippen molar-refractivity contribution in [3.05, 3.63) is 70.8 Å². The molecule has 142 valence electrons. The third-order valence-electron chi connectivity index (χ3n) is 4.75. The molecule has 0 spiro atoms. The van der Waals surface area contributed by atoms with Gasteiger partial charge in [0.2, 0.25) is 11.8 Å². The Kier molecular flexibility index (Phi) is 6.46. The first-order chi connectivity index (χ1) is 13.6. The molecule has 0 bridgehead atoms. The van der Waals surface area contributed by atoms with E-state index in [-0.39, 0.29) is 17.7 Å². The van der Waals surface area contributed by atoms with Gasteiger partial charge in [0.15, 0.2) is 0 Å². The summed E-state index contributed by atoms with van der Waals surface area (Å²) in [6.45, 7) is 1.09. The molecule has 1 saturated heterocycles. The molecule has 0 radical (unpaired) electrons. The fourth-order valence-electron chi connectivity index (χ4n) is 3.13. The van der Waals surface area contributed by atoms with Gasteiger partial charge < -0.3 is 10.2 Å². The van der Waals surface area contributed by atoms with Gasteiger partial charge in [0.1, 0.15) is 6.07 Å². The number of nitrogens with one attached hydrogen (secondary N) is 1. The summed E-state index contributed by atoms with van der Waals surface area (Å²) in [6, 6.07) is 16.5. The van der Waals surface area contributed by atoms with Gasteiger partial charge in [0.25, 0.3) is 0 Å². The predicted molar refractivity (Wildman–Crippen MR) is 110 cm³/mol. The second kappa shape index (κ2) is 9.20. The number of carbonyl (C=O) groups excluding carboxylic acids is 2. The van der Waals surface area contributed by atoms with Crippen molar-refractivity contribution in [3.8, 4) is 6.07 Å². The number of hydrogen-bond acceptors (Lipinski definition) is 3. The molecule has 1 fully saturated rings. The van der Waals surface area contributed by atoms with Gasteiger partial charge in [-0.2, -0.15) is 5.26 Å². The summed E-state index contributed by atoms with van der Waals surface area (Å²) < 4.78 is 0. The number of halogens is 1. The van der Waals surface area contributed by atoms with Crippen LogP contribution < -0.4 is 5.32 Å². The van der Waals surface area contributed by atoms with Crippen LogP contribution in [0.25, 0.3) is 6.08 Å². The fourth-order valence-corrected chi connectivity index (χ4v) is 3.35. The number of nitrogens with zero attached hydrogens (tertiary/aromatic N) is 2. The maximum atomic E-state index is 12.5. The van der Waals surface area contributed by atoms with Crippen molar-refractivity contribution in [2.24, 2.45) is 5.92 Å². The van der Waals surface area contributed by atoms with Gasteiger partial charge >= 0.3 is 0 Å². The number of benzene rings is 2. The lowest BCUT2D eigenvalue weighted by Gasteiger charge is -2.30. The average Bonchev–Trinajstić information content (AvgIpc) is 2.73. The minimum atomic E-state index is -0.156. The molecule has 1 aliphatic rings. The zero-order valence-corrected chi connectivity index (χ0v) is 16.0. The summed E-state index contributed by atoms with van der Waals surface area (Å²) in [6.07, 6.45) is 4.60. The van der Waals surface area contributed by atoms with E-state index < -0.39 is 0 Å². The predicted octanol–water partition coefficient (Wildman–Crippen LogP) is 4.10. The first-order valence-electron chi connectivity index (χ1n) is 9.09. The Balaban J connectivity index is 1.51. The van der Waals surface area contributed by atoms with Crippen LogP contribution in [0.15, 0.2) is 54.6 Å². The standard InChI is InChI=1S/C22H20ClN3O2/c23-20-14-19(8-7-18(20)15-24)25-22(28)17-10-12-26(13-11-17)21(27)9-6-16-4-2-1-3-5-16/h1-9,14,17H,10-13H2,(H,25,28)/b9-6+. The molecular formula is C22H20ClN3O2. The van der Waals surface area contributed by atoms with Crippen LogP contribution in [0.4, 0.5) is 5.69 Å². The molecule has 0 aromatic heterocycles. The summed E-state index contributed by atoms with van der Waals surface area (Å²) in [4.78, 5) is 26.6. The Bertz CT molecular complexity index is 927. The Hall–Kier alpha value is -3.10. The minimum absolute atomic E-state index is 0.0402. The normalized spacial score (nSPS) is 14.6.